The topological polar surface area (TPSA) is 38.7 Å². The molecular formula is C10H18O3S. The lowest BCUT2D eigenvalue weighted by Gasteiger charge is -2.19. The highest BCUT2D eigenvalue weighted by Gasteiger charge is 2.19. The Morgan fingerprint density at radius 2 is 2.07 bits per heavy atom. The minimum Gasteiger partial charge on any atom is -0.392 e. The summed E-state index contributed by atoms with van der Waals surface area (Å²) in [4.78, 5) is 0. The molecule has 2 unspecified atom stereocenters. The number of hydrogen-bond acceptors (Lipinski definition) is 4. The zero-order valence-corrected chi connectivity index (χ0v) is 9.71. The molecule has 1 rings (SSSR count). The largest absolute Gasteiger partial charge is 0.392 e. The van der Waals surface area contributed by atoms with E-state index in [0.29, 0.717) is 13.2 Å². The van der Waals surface area contributed by atoms with Crippen LogP contribution in [0.2, 0.25) is 0 Å². The van der Waals surface area contributed by atoms with Crippen molar-refractivity contribution < 1.29 is 14.6 Å². The van der Waals surface area contributed by atoms with Crippen LogP contribution >= 0.6 is 11.8 Å². The highest BCUT2D eigenvalue weighted by molar-refractivity contribution is 7.99. The summed E-state index contributed by atoms with van der Waals surface area (Å²) in [5.74, 6) is 0. The third-order valence-corrected chi connectivity index (χ3v) is 3.46. The van der Waals surface area contributed by atoms with Crippen molar-refractivity contribution in [2.75, 3.05) is 19.5 Å². The van der Waals surface area contributed by atoms with Crippen molar-refractivity contribution in [1.29, 1.82) is 0 Å². The van der Waals surface area contributed by atoms with Gasteiger partial charge in [0.15, 0.2) is 6.29 Å². The van der Waals surface area contributed by atoms with Gasteiger partial charge in [0.2, 0.25) is 0 Å². The molecule has 14 heavy (non-hydrogen) atoms. The van der Waals surface area contributed by atoms with Gasteiger partial charge in [-0.1, -0.05) is 5.57 Å². The van der Waals surface area contributed by atoms with Gasteiger partial charge in [0.1, 0.15) is 0 Å². The zero-order chi connectivity index (χ0) is 10.6. The lowest BCUT2D eigenvalue weighted by atomic mass is 10.1. The molecule has 4 heteroatoms. The van der Waals surface area contributed by atoms with Crippen LogP contribution in [0.5, 0.6) is 0 Å². The lowest BCUT2D eigenvalue weighted by Crippen LogP contribution is -2.21. The predicted octanol–water partition coefficient (Wildman–Crippen LogP) is 1.42. The van der Waals surface area contributed by atoms with E-state index in [1.54, 1.807) is 18.7 Å². The molecule has 0 bridgehead atoms. The molecule has 1 N–H and O–H groups in total. The molecule has 0 spiro atoms. The Hall–Kier alpha value is -0.0300. The molecule has 0 amide bonds. The van der Waals surface area contributed by atoms with E-state index >= 15 is 0 Å². The first-order chi connectivity index (χ1) is 6.65. The molecule has 0 radical (unpaired) electrons. The number of hydrogen-bond donors (Lipinski definition) is 1. The van der Waals surface area contributed by atoms with Crippen molar-refractivity contribution >= 4 is 11.8 Å². The summed E-state index contributed by atoms with van der Waals surface area (Å²) >= 11 is 1.64. The Labute approximate surface area is 89.5 Å². The molecule has 3 nitrogen and oxygen atoms in total. The van der Waals surface area contributed by atoms with E-state index in [4.69, 9.17) is 9.47 Å². The second kappa shape index (κ2) is 5.75. The summed E-state index contributed by atoms with van der Waals surface area (Å²) in [6.07, 6.45) is 3.37. The normalized spacial score (nSPS) is 23.9. The molecule has 1 heterocycles. The van der Waals surface area contributed by atoms with Crippen molar-refractivity contribution in [1.82, 2.24) is 0 Å². The van der Waals surface area contributed by atoms with Crippen LogP contribution in [0, 0.1) is 0 Å². The summed E-state index contributed by atoms with van der Waals surface area (Å²) < 4.78 is 10.6. The third kappa shape index (κ3) is 3.28. The number of thioether (sulfide) groups is 1. The van der Waals surface area contributed by atoms with E-state index in [9.17, 15) is 5.11 Å². The van der Waals surface area contributed by atoms with Crippen LogP contribution in [0.1, 0.15) is 13.8 Å². The SMILES string of the molecule is CSC(/C(C)=C/C1OCCO1)C(C)O. The molecule has 2 atom stereocenters. The van der Waals surface area contributed by atoms with E-state index < -0.39 is 0 Å². The zero-order valence-electron chi connectivity index (χ0n) is 8.90. The molecule has 0 aliphatic carbocycles. The molecule has 82 valence electrons. The van der Waals surface area contributed by atoms with Crippen LogP contribution in [0.15, 0.2) is 11.6 Å². The lowest BCUT2D eigenvalue weighted by molar-refractivity contribution is -0.00237. The summed E-state index contributed by atoms with van der Waals surface area (Å²) in [6.45, 7) is 5.12. The maximum absolute atomic E-state index is 9.51. The van der Waals surface area contributed by atoms with Crippen LogP contribution in [-0.2, 0) is 9.47 Å². The number of aliphatic hydroxyl groups is 1. The summed E-state index contributed by atoms with van der Waals surface area (Å²) in [5, 5.41) is 9.64. The second-order valence-electron chi connectivity index (χ2n) is 3.42. The first-order valence-electron chi connectivity index (χ1n) is 4.77. The van der Waals surface area contributed by atoms with Crippen molar-refractivity contribution in [2.45, 2.75) is 31.5 Å². The van der Waals surface area contributed by atoms with Crippen molar-refractivity contribution in [3.05, 3.63) is 11.6 Å². The Bertz CT molecular complexity index is 198. The fourth-order valence-electron chi connectivity index (χ4n) is 1.55. The Morgan fingerprint density at radius 3 is 2.50 bits per heavy atom. The van der Waals surface area contributed by atoms with E-state index in [-0.39, 0.29) is 17.6 Å². The van der Waals surface area contributed by atoms with Gasteiger partial charge in [-0.25, -0.2) is 0 Å². The van der Waals surface area contributed by atoms with Crippen LogP contribution in [-0.4, -0.2) is 42.2 Å². The first-order valence-corrected chi connectivity index (χ1v) is 6.06. The molecule has 1 fully saturated rings. The first kappa shape index (κ1) is 12.0. The molecule has 1 aliphatic heterocycles. The molecule has 0 aromatic heterocycles. The van der Waals surface area contributed by atoms with Crippen LogP contribution < -0.4 is 0 Å². The third-order valence-electron chi connectivity index (χ3n) is 2.19. The molecule has 1 saturated heterocycles. The van der Waals surface area contributed by atoms with Gasteiger partial charge in [-0.15, -0.1) is 0 Å². The fourth-order valence-corrected chi connectivity index (χ4v) is 2.39. The van der Waals surface area contributed by atoms with Gasteiger partial charge in [-0.2, -0.15) is 11.8 Å². The number of ether oxygens (including phenoxy) is 2. The van der Waals surface area contributed by atoms with Gasteiger partial charge < -0.3 is 14.6 Å². The monoisotopic (exact) mass is 218 g/mol. The van der Waals surface area contributed by atoms with Gasteiger partial charge in [-0.05, 0) is 26.2 Å². The molecule has 0 aromatic carbocycles. The van der Waals surface area contributed by atoms with Crippen LogP contribution in [0.25, 0.3) is 0 Å². The molecule has 0 saturated carbocycles. The molecule has 0 aromatic rings. The van der Waals surface area contributed by atoms with Crippen LogP contribution in [0.4, 0.5) is 0 Å². The highest BCUT2D eigenvalue weighted by Crippen LogP contribution is 2.21. The van der Waals surface area contributed by atoms with Gasteiger partial charge in [0.25, 0.3) is 0 Å². The Balaban J connectivity index is 2.55. The van der Waals surface area contributed by atoms with Gasteiger partial charge in [-0.3, -0.25) is 0 Å². The van der Waals surface area contributed by atoms with Crippen LogP contribution in [0.3, 0.4) is 0 Å². The van der Waals surface area contributed by atoms with E-state index in [1.807, 2.05) is 19.3 Å². The minimum atomic E-state index is -0.345. The fraction of sp³-hybridized carbons (Fsp3) is 0.800. The standard InChI is InChI=1S/C10H18O3S/c1-7(10(14-3)8(2)11)6-9-12-4-5-13-9/h6,8-11H,4-5H2,1-3H3/b7-6+. The maximum Gasteiger partial charge on any atom is 0.177 e. The smallest absolute Gasteiger partial charge is 0.177 e. The Kier molecular flexibility index (Phi) is 4.95. The van der Waals surface area contributed by atoms with Crippen molar-refractivity contribution in [2.24, 2.45) is 0 Å². The summed E-state index contributed by atoms with van der Waals surface area (Å²) in [6, 6.07) is 0. The van der Waals surface area contributed by atoms with Gasteiger partial charge in [0, 0.05) is 0 Å². The average Bonchev–Trinajstić information content (AvgIpc) is 2.57. The number of aliphatic hydroxyl groups excluding tert-OH is 1. The number of rotatable bonds is 4. The minimum absolute atomic E-state index is 0.128. The summed E-state index contributed by atoms with van der Waals surface area (Å²) in [5.41, 5.74) is 1.11. The van der Waals surface area contributed by atoms with Gasteiger partial charge >= 0.3 is 0 Å². The molecule has 1 aliphatic rings. The second-order valence-corrected chi connectivity index (χ2v) is 4.40. The van der Waals surface area contributed by atoms with Crippen molar-refractivity contribution in [3.63, 3.8) is 0 Å². The van der Waals surface area contributed by atoms with E-state index in [1.165, 1.54) is 0 Å². The molecular weight excluding hydrogens is 200 g/mol. The van der Waals surface area contributed by atoms with E-state index in [0.717, 1.165) is 5.57 Å². The highest BCUT2D eigenvalue weighted by atomic mass is 32.2. The maximum atomic E-state index is 9.51. The Morgan fingerprint density at radius 1 is 1.50 bits per heavy atom. The average molecular weight is 218 g/mol. The quantitative estimate of drug-likeness (QED) is 0.724. The predicted molar refractivity (Wildman–Crippen MR) is 58.4 cm³/mol. The van der Waals surface area contributed by atoms with E-state index in [2.05, 4.69) is 0 Å². The summed E-state index contributed by atoms with van der Waals surface area (Å²) in [7, 11) is 0. The van der Waals surface area contributed by atoms with Crippen molar-refractivity contribution in [3.8, 4) is 0 Å². The van der Waals surface area contributed by atoms with Gasteiger partial charge in [0.05, 0.1) is 24.6 Å².